The number of rotatable bonds is 9. The average molecular weight is 326 g/mol. The lowest BCUT2D eigenvalue weighted by Gasteiger charge is -2.29. The van der Waals surface area contributed by atoms with Gasteiger partial charge in [0.25, 0.3) is 0 Å². The molecular formula is C21H30N2O. The van der Waals surface area contributed by atoms with E-state index in [1.165, 1.54) is 11.1 Å². The van der Waals surface area contributed by atoms with Crippen molar-refractivity contribution in [3.05, 3.63) is 71.8 Å². The summed E-state index contributed by atoms with van der Waals surface area (Å²) in [6.07, 6.45) is 0.163. The zero-order valence-electron chi connectivity index (χ0n) is 14.8. The number of benzene rings is 2. The fraction of sp³-hybridized carbons (Fsp3) is 0.429. The Hall–Kier alpha value is -1.68. The van der Waals surface area contributed by atoms with Crippen LogP contribution in [0.15, 0.2) is 60.7 Å². The van der Waals surface area contributed by atoms with Gasteiger partial charge in [-0.15, -0.1) is 0 Å². The minimum Gasteiger partial charge on any atom is -0.390 e. The van der Waals surface area contributed by atoms with E-state index in [4.69, 9.17) is 5.73 Å². The van der Waals surface area contributed by atoms with Crippen molar-refractivity contribution in [1.82, 2.24) is 4.90 Å². The molecule has 0 saturated heterocycles. The van der Waals surface area contributed by atoms with E-state index in [0.717, 1.165) is 13.1 Å². The molecule has 3 nitrogen and oxygen atoms in total. The van der Waals surface area contributed by atoms with Gasteiger partial charge in [0.2, 0.25) is 0 Å². The molecule has 2 aromatic carbocycles. The highest BCUT2D eigenvalue weighted by Gasteiger charge is 2.19. The molecule has 0 aliphatic heterocycles. The first-order valence-electron chi connectivity index (χ1n) is 8.78. The maximum atomic E-state index is 10.6. The van der Waals surface area contributed by atoms with Crippen LogP contribution in [0, 0.1) is 5.92 Å². The molecule has 0 heterocycles. The van der Waals surface area contributed by atoms with Crippen molar-refractivity contribution in [2.75, 3.05) is 13.1 Å². The van der Waals surface area contributed by atoms with E-state index >= 15 is 0 Å². The predicted octanol–water partition coefficient (Wildman–Crippen LogP) is 3.08. The second-order valence-corrected chi connectivity index (χ2v) is 6.99. The summed E-state index contributed by atoms with van der Waals surface area (Å²) in [6, 6.07) is 20.3. The van der Waals surface area contributed by atoms with Crippen LogP contribution >= 0.6 is 0 Å². The number of nitrogens with zero attached hydrogens (tertiary/aromatic N) is 1. The number of hydrogen-bond acceptors (Lipinski definition) is 3. The molecule has 2 aromatic rings. The average Bonchev–Trinajstić information content (AvgIpc) is 2.56. The molecule has 2 atom stereocenters. The molecule has 0 aliphatic rings. The molecule has 2 rings (SSSR count). The lowest BCUT2D eigenvalue weighted by molar-refractivity contribution is 0.0818. The van der Waals surface area contributed by atoms with Crippen LogP contribution in [-0.4, -0.2) is 35.2 Å². The van der Waals surface area contributed by atoms with E-state index in [0.29, 0.717) is 18.9 Å². The lowest BCUT2D eigenvalue weighted by atomic mass is 10.0. The predicted molar refractivity (Wildman–Crippen MR) is 101 cm³/mol. The topological polar surface area (TPSA) is 49.5 Å². The van der Waals surface area contributed by atoms with Crippen molar-refractivity contribution in [2.45, 2.75) is 39.0 Å². The van der Waals surface area contributed by atoms with Crippen molar-refractivity contribution in [3.8, 4) is 0 Å². The smallest absolute Gasteiger partial charge is 0.0821 e. The Bertz CT molecular complexity index is 571. The van der Waals surface area contributed by atoms with Crippen molar-refractivity contribution >= 4 is 0 Å². The Morgan fingerprint density at radius 1 is 0.875 bits per heavy atom. The summed E-state index contributed by atoms with van der Waals surface area (Å²) in [5.41, 5.74) is 8.68. The zero-order valence-corrected chi connectivity index (χ0v) is 14.8. The first kappa shape index (κ1) is 18.7. The second kappa shape index (κ2) is 9.58. The minimum absolute atomic E-state index is 0.252. The van der Waals surface area contributed by atoms with Crippen LogP contribution in [0.3, 0.4) is 0 Å². The highest BCUT2D eigenvalue weighted by Crippen LogP contribution is 2.11. The number of hydrogen-bond donors (Lipinski definition) is 2. The third-order valence-electron chi connectivity index (χ3n) is 4.13. The lowest BCUT2D eigenvalue weighted by Crippen LogP contribution is -2.45. The Balaban J connectivity index is 1.94. The van der Waals surface area contributed by atoms with Gasteiger partial charge in [0, 0.05) is 25.7 Å². The molecule has 130 valence electrons. The summed E-state index contributed by atoms with van der Waals surface area (Å²) < 4.78 is 0. The van der Waals surface area contributed by atoms with E-state index < -0.39 is 6.10 Å². The van der Waals surface area contributed by atoms with Crippen molar-refractivity contribution in [2.24, 2.45) is 11.7 Å². The van der Waals surface area contributed by atoms with Gasteiger partial charge >= 0.3 is 0 Å². The van der Waals surface area contributed by atoms with E-state index in [-0.39, 0.29) is 6.04 Å². The number of nitrogens with two attached hydrogens (primary N) is 1. The van der Waals surface area contributed by atoms with Gasteiger partial charge in [0.1, 0.15) is 0 Å². The van der Waals surface area contributed by atoms with Crippen LogP contribution in [0.25, 0.3) is 0 Å². The second-order valence-electron chi connectivity index (χ2n) is 6.99. The SMILES string of the molecule is CC(C)CN(Cc1ccccc1)C[C@@H](O)C(N)Cc1ccccc1. The molecule has 0 bridgehead atoms. The molecule has 0 fully saturated rings. The van der Waals surface area contributed by atoms with Gasteiger partial charge in [0.05, 0.1) is 6.10 Å². The van der Waals surface area contributed by atoms with Crippen LogP contribution < -0.4 is 5.73 Å². The molecule has 0 spiro atoms. The molecule has 3 N–H and O–H groups in total. The van der Waals surface area contributed by atoms with Gasteiger partial charge in [-0.1, -0.05) is 74.5 Å². The Morgan fingerprint density at radius 2 is 1.42 bits per heavy atom. The van der Waals surface area contributed by atoms with E-state index in [1.807, 2.05) is 24.3 Å². The van der Waals surface area contributed by atoms with Crippen LogP contribution in [0.5, 0.6) is 0 Å². The van der Waals surface area contributed by atoms with Gasteiger partial charge in [-0.25, -0.2) is 0 Å². The minimum atomic E-state index is -0.535. The molecule has 3 heteroatoms. The van der Waals surface area contributed by atoms with Crippen LogP contribution in [0.4, 0.5) is 0 Å². The summed E-state index contributed by atoms with van der Waals surface area (Å²) in [6.45, 7) is 6.79. The van der Waals surface area contributed by atoms with Gasteiger partial charge in [-0.05, 0) is 23.5 Å². The van der Waals surface area contributed by atoms with E-state index in [1.54, 1.807) is 0 Å². The third-order valence-corrected chi connectivity index (χ3v) is 4.13. The third kappa shape index (κ3) is 6.44. The Labute approximate surface area is 146 Å². The fourth-order valence-corrected chi connectivity index (χ4v) is 2.98. The molecule has 0 amide bonds. The van der Waals surface area contributed by atoms with Gasteiger partial charge in [-0.2, -0.15) is 0 Å². The van der Waals surface area contributed by atoms with Crippen molar-refractivity contribution in [3.63, 3.8) is 0 Å². The Morgan fingerprint density at radius 3 is 1.96 bits per heavy atom. The molecular weight excluding hydrogens is 296 g/mol. The first-order valence-corrected chi connectivity index (χ1v) is 8.78. The summed E-state index contributed by atoms with van der Waals surface area (Å²) >= 11 is 0. The largest absolute Gasteiger partial charge is 0.390 e. The standard InChI is InChI=1S/C21H30N2O/c1-17(2)14-23(15-19-11-7-4-8-12-19)16-21(24)20(22)13-18-9-5-3-6-10-18/h3-12,17,20-21,24H,13-16,22H2,1-2H3/t20?,21-/m1/s1. The molecule has 24 heavy (non-hydrogen) atoms. The highest BCUT2D eigenvalue weighted by atomic mass is 16.3. The molecule has 1 unspecified atom stereocenters. The summed E-state index contributed by atoms with van der Waals surface area (Å²) in [4.78, 5) is 2.30. The van der Waals surface area contributed by atoms with Crippen LogP contribution in [0.1, 0.15) is 25.0 Å². The van der Waals surface area contributed by atoms with Crippen LogP contribution in [-0.2, 0) is 13.0 Å². The number of aliphatic hydroxyl groups is 1. The molecule has 0 saturated carbocycles. The Kier molecular flexibility index (Phi) is 7.44. The van der Waals surface area contributed by atoms with E-state index in [2.05, 4.69) is 55.1 Å². The van der Waals surface area contributed by atoms with Gasteiger partial charge in [0.15, 0.2) is 0 Å². The molecule has 0 aromatic heterocycles. The highest BCUT2D eigenvalue weighted by molar-refractivity contribution is 5.16. The van der Waals surface area contributed by atoms with Gasteiger partial charge in [-0.3, -0.25) is 4.90 Å². The van der Waals surface area contributed by atoms with Gasteiger partial charge < -0.3 is 10.8 Å². The van der Waals surface area contributed by atoms with E-state index in [9.17, 15) is 5.11 Å². The maximum Gasteiger partial charge on any atom is 0.0821 e. The first-order chi connectivity index (χ1) is 11.5. The monoisotopic (exact) mass is 326 g/mol. The zero-order chi connectivity index (χ0) is 17.4. The normalized spacial score (nSPS) is 14.1. The maximum absolute atomic E-state index is 10.6. The summed E-state index contributed by atoms with van der Waals surface area (Å²) in [5, 5.41) is 10.6. The fourth-order valence-electron chi connectivity index (χ4n) is 2.98. The quantitative estimate of drug-likeness (QED) is 0.744. The number of aliphatic hydroxyl groups excluding tert-OH is 1. The van der Waals surface area contributed by atoms with Crippen LogP contribution in [0.2, 0.25) is 0 Å². The molecule has 0 aliphatic carbocycles. The molecule has 0 radical (unpaired) electrons. The van der Waals surface area contributed by atoms with Crippen molar-refractivity contribution < 1.29 is 5.11 Å². The summed E-state index contributed by atoms with van der Waals surface area (Å²) in [5.74, 6) is 0.547. The summed E-state index contributed by atoms with van der Waals surface area (Å²) in [7, 11) is 0. The van der Waals surface area contributed by atoms with Crippen molar-refractivity contribution in [1.29, 1.82) is 0 Å².